The van der Waals surface area contributed by atoms with Crippen LogP contribution in [0.25, 0.3) is 10.9 Å². The highest BCUT2D eigenvalue weighted by Crippen LogP contribution is 2.33. The Morgan fingerprint density at radius 3 is 2.48 bits per heavy atom. The lowest BCUT2D eigenvalue weighted by Gasteiger charge is -2.32. The number of carbonyl (C=O) groups is 1. The van der Waals surface area contributed by atoms with Crippen LogP contribution in [0.5, 0.6) is 0 Å². The molecule has 2 N–H and O–H groups in total. The van der Waals surface area contributed by atoms with Gasteiger partial charge in [0.05, 0.1) is 5.41 Å². The summed E-state index contributed by atoms with van der Waals surface area (Å²) in [6, 6.07) is 16.7. The highest BCUT2D eigenvalue weighted by Gasteiger charge is 2.29. The molecule has 1 aliphatic rings. The van der Waals surface area contributed by atoms with Gasteiger partial charge in [-0.2, -0.15) is 0 Å². The standard InChI is InChI=1S/C25H30N2O2/c1-25(2,24(28)29)20-9-7-18(8-10-20)11-14-27-15-12-19(13-16-27)22-17-26-23-6-4-3-5-21(22)23/h3-10,17,19,26H,11-16H2,1-2H3,(H,28,29). The maximum atomic E-state index is 11.4. The maximum Gasteiger partial charge on any atom is 0.313 e. The van der Waals surface area contributed by atoms with E-state index >= 15 is 0 Å². The van der Waals surface area contributed by atoms with Crippen molar-refractivity contribution in [2.45, 2.75) is 44.4 Å². The van der Waals surface area contributed by atoms with E-state index in [0.29, 0.717) is 5.92 Å². The van der Waals surface area contributed by atoms with Crippen molar-refractivity contribution in [3.8, 4) is 0 Å². The molecule has 0 aliphatic carbocycles. The van der Waals surface area contributed by atoms with Gasteiger partial charge in [-0.25, -0.2) is 0 Å². The Labute approximate surface area is 172 Å². The number of likely N-dealkylation sites (tertiary alicyclic amines) is 1. The zero-order valence-corrected chi connectivity index (χ0v) is 17.3. The first-order chi connectivity index (χ1) is 13.9. The number of aromatic amines is 1. The van der Waals surface area contributed by atoms with E-state index < -0.39 is 11.4 Å². The molecule has 1 aromatic heterocycles. The minimum absolute atomic E-state index is 0.639. The summed E-state index contributed by atoms with van der Waals surface area (Å²) in [5.74, 6) is -0.150. The molecule has 0 spiro atoms. The summed E-state index contributed by atoms with van der Waals surface area (Å²) in [6.45, 7) is 6.83. The second-order valence-corrected chi connectivity index (χ2v) is 8.78. The number of benzene rings is 2. The lowest BCUT2D eigenvalue weighted by atomic mass is 9.84. The Morgan fingerprint density at radius 1 is 1.10 bits per heavy atom. The summed E-state index contributed by atoms with van der Waals surface area (Å²) in [4.78, 5) is 17.4. The highest BCUT2D eigenvalue weighted by molar-refractivity contribution is 5.83. The summed E-state index contributed by atoms with van der Waals surface area (Å²) in [5, 5.41) is 10.7. The van der Waals surface area contributed by atoms with E-state index in [9.17, 15) is 9.90 Å². The van der Waals surface area contributed by atoms with E-state index in [1.165, 1.54) is 34.9 Å². The first-order valence-corrected chi connectivity index (χ1v) is 10.6. The number of H-pyrrole nitrogens is 1. The van der Waals surface area contributed by atoms with E-state index in [-0.39, 0.29) is 0 Å². The van der Waals surface area contributed by atoms with E-state index in [0.717, 1.165) is 31.6 Å². The molecule has 4 heteroatoms. The molecule has 1 fully saturated rings. The first-order valence-electron chi connectivity index (χ1n) is 10.6. The van der Waals surface area contributed by atoms with Gasteiger partial charge in [-0.15, -0.1) is 0 Å². The molecular weight excluding hydrogens is 360 g/mol. The second kappa shape index (κ2) is 8.03. The number of carboxylic acid groups (broad SMARTS) is 1. The van der Waals surface area contributed by atoms with Gasteiger partial charge in [-0.3, -0.25) is 4.79 Å². The Bertz CT molecular complexity index is 979. The lowest BCUT2D eigenvalue weighted by molar-refractivity contribution is -0.142. The summed E-state index contributed by atoms with van der Waals surface area (Å²) in [7, 11) is 0. The fourth-order valence-corrected chi connectivity index (χ4v) is 4.40. The number of nitrogens with one attached hydrogen (secondary N) is 1. The Hall–Kier alpha value is -2.59. The molecule has 1 aliphatic heterocycles. The fourth-order valence-electron chi connectivity index (χ4n) is 4.40. The molecule has 0 saturated carbocycles. The van der Waals surface area contributed by atoms with Crippen LogP contribution in [0.4, 0.5) is 0 Å². The normalized spacial score (nSPS) is 16.3. The first kappa shape index (κ1) is 19.7. The van der Waals surface area contributed by atoms with Gasteiger partial charge in [0.1, 0.15) is 0 Å². The molecule has 3 aromatic rings. The fraction of sp³-hybridized carbons (Fsp3) is 0.400. The zero-order valence-electron chi connectivity index (χ0n) is 17.3. The number of para-hydroxylation sites is 1. The van der Waals surface area contributed by atoms with Crippen molar-refractivity contribution in [1.82, 2.24) is 9.88 Å². The lowest BCUT2D eigenvalue weighted by Crippen LogP contribution is -2.34. The minimum atomic E-state index is -0.844. The molecule has 2 heterocycles. The molecule has 0 bridgehead atoms. The zero-order chi connectivity index (χ0) is 20.4. The molecule has 0 atom stereocenters. The maximum absolute atomic E-state index is 11.4. The van der Waals surface area contributed by atoms with Crippen molar-refractivity contribution < 1.29 is 9.90 Å². The number of piperidine rings is 1. The molecular formula is C25H30N2O2. The van der Waals surface area contributed by atoms with Crippen LogP contribution in [0.2, 0.25) is 0 Å². The van der Waals surface area contributed by atoms with Gasteiger partial charge in [0.15, 0.2) is 0 Å². The van der Waals surface area contributed by atoms with Crippen LogP contribution in [0.1, 0.15) is 49.3 Å². The number of aromatic nitrogens is 1. The largest absolute Gasteiger partial charge is 0.481 e. The van der Waals surface area contributed by atoms with Gasteiger partial charge in [0, 0.05) is 23.6 Å². The highest BCUT2D eigenvalue weighted by atomic mass is 16.4. The molecule has 4 rings (SSSR count). The van der Waals surface area contributed by atoms with Crippen molar-refractivity contribution in [1.29, 1.82) is 0 Å². The number of carboxylic acids is 1. The summed E-state index contributed by atoms with van der Waals surface area (Å²) >= 11 is 0. The topological polar surface area (TPSA) is 56.3 Å². The van der Waals surface area contributed by atoms with Crippen LogP contribution in [-0.4, -0.2) is 40.6 Å². The van der Waals surface area contributed by atoms with Gasteiger partial charge < -0.3 is 15.0 Å². The van der Waals surface area contributed by atoms with Gasteiger partial charge in [-0.05, 0) is 74.9 Å². The van der Waals surface area contributed by atoms with Crippen LogP contribution in [0.3, 0.4) is 0 Å². The van der Waals surface area contributed by atoms with Crippen molar-refractivity contribution in [2.75, 3.05) is 19.6 Å². The Balaban J connectivity index is 1.31. The van der Waals surface area contributed by atoms with Crippen LogP contribution < -0.4 is 0 Å². The summed E-state index contributed by atoms with van der Waals surface area (Å²) < 4.78 is 0. The van der Waals surface area contributed by atoms with Crippen LogP contribution in [0.15, 0.2) is 54.7 Å². The molecule has 0 amide bonds. The monoisotopic (exact) mass is 390 g/mol. The average molecular weight is 391 g/mol. The smallest absolute Gasteiger partial charge is 0.313 e. The van der Waals surface area contributed by atoms with Crippen molar-refractivity contribution >= 4 is 16.9 Å². The van der Waals surface area contributed by atoms with E-state index in [1.807, 2.05) is 12.1 Å². The third-order valence-electron chi connectivity index (χ3n) is 6.58. The van der Waals surface area contributed by atoms with Crippen molar-refractivity contribution in [3.63, 3.8) is 0 Å². The number of hydrogen-bond donors (Lipinski definition) is 2. The van der Waals surface area contributed by atoms with Crippen LogP contribution >= 0.6 is 0 Å². The molecule has 0 unspecified atom stereocenters. The SMILES string of the molecule is CC(C)(C(=O)O)c1ccc(CCN2CCC(c3c[nH]c4ccccc34)CC2)cc1. The quantitative estimate of drug-likeness (QED) is 0.626. The Kier molecular flexibility index (Phi) is 5.46. The van der Waals surface area contributed by atoms with Crippen molar-refractivity contribution in [2.24, 2.45) is 0 Å². The Morgan fingerprint density at radius 2 is 1.79 bits per heavy atom. The number of fused-ring (bicyclic) bond motifs is 1. The van der Waals surface area contributed by atoms with Crippen LogP contribution in [0, 0.1) is 0 Å². The minimum Gasteiger partial charge on any atom is -0.481 e. The third kappa shape index (κ3) is 4.08. The third-order valence-corrected chi connectivity index (χ3v) is 6.58. The summed E-state index contributed by atoms with van der Waals surface area (Å²) in [6.07, 6.45) is 5.61. The molecule has 1 saturated heterocycles. The second-order valence-electron chi connectivity index (χ2n) is 8.78. The average Bonchev–Trinajstić information content (AvgIpc) is 3.17. The summed E-state index contributed by atoms with van der Waals surface area (Å²) in [5.41, 5.74) is 3.99. The van der Waals surface area contributed by atoms with Gasteiger partial charge in [0.2, 0.25) is 0 Å². The van der Waals surface area contributed by atoms with E-state index in [4.69, 9.17) is 0 Å². The van der Waals surface area contributed by atoms with E-state index in [1.54, 1.807) is 13.8 Å². The predicted molar refractivity (Wildman–Crippen MR) is 118 cm³/mol. The van der Waals surface area contributed by atoms with Crippen LogP contribution in [-0.2, 0) is 16.6 Å². The molecule has 0 radical (unpaired) electrons. The molecule has 2 aromatic carbocycles. The number of hydrogen-bond acceptors (Lipinski definition) is 2. The van der Waals surface area contributed by atoms with E-state index in [2.05, 4.69) is 52.5 Å². The number of nitrogens with zero attached hydrogens (tertiary/aromatic N) is 1. The van der Waals surface area contributed by atoms with Gasteiger partial charge in [-0.1, -0.05) is 42.5 Å². The molecule has 4 nitrogen and oxygen atoms in total. The van der Waals surface area contributed by atoms with Gasteiger partial charge in [0.25, 0.3) is 0 Å². The molecule has 152 valence electrons. The number of aliphatic carboxylic acids is 1. The number of rotatable bonds is 6. The predicted octanol–water partition coefficient (Wildman–Crippen LogP) is 4.95. The van der Waals surface area contributed by atoms with Gasteiger partial charge >= 0.3 is 5.97 Å². The molecule has 29 heavy (non-hydrogen) atoms. The van der Waals surface area contributed by atoms with Crippen molar-refractivity contribution in [3.05, 3.63) is 71.4 Å².